The van der Waals surface area contributed by atoms with Crippen LogP contribution >= 0.6 is 34.5 Å². The van der Waals surface area contributed by atoms with Crippen LogP contribution in [0, 0.1) is 11.3 Å². The van der Waals surface area contributed by atoms with Crippen LogP contribution in [0.4, 0.5) is 5.69 Å². The van der Waals surface area contributed by atoms with Gasteiger partial charge in [-0.2, -0.15) is 5.26 Å². The van der Waals surface area contributed by atoms with Gasteiger partial charge in [-0.25, -0.2) is 0 Å². The van der Waals surface area contributed by atoms with Gasteiger partial charge >= 0.3 is 0 Å². The summed E-state index contributed by atoms with van der Waals surface area (Å²) in [4.78, 5) is 28.1. The minimum Gasteiger partial charge on any atom is -0.507 e. The van der Waals surface area contributed by atoms with Crippen LogP contribution in [0.1, 0.15) is 22.0 Å². The number of aliphatic hydroxyl groups excluding tert-OH is 1. The third kappa shape index (κ3) is 3.63. The first-order valence-corrected chi connectivity index (χ1v) is 10.9. The van der Waals surface area contributed by atoms with E-state index in [2.05, 4.69) is 0 Å². The van der Waals surface area contributed by atoms with Crippen LogP contribution in [0.25, 0.3) is 5.76 Å². The molecule has 1 fully saturated rings. The second-order valence-corrected chi connectivity index (χ2v) is 8.61. The number of anilines is 1. The fourth-order valence-electron chi connectivity index (χ4n) is 3.56. The molecule has 0 saturated carbocycles. The Hall–Kier alpha value is -3.31. The van der Waals surface area contributed by atoms with Crippen LogP contribution in [0.3, 0.4) is 0 Å². The number of thiophene rings is 1. The number of ether oxygens (including phenoxy) is 1. The maximum atomic E-state index is 13.1. The number of aliphatic hydroxyl groups is 1. The van der Waals surface area contributed by atoms with E-state index in [1.807, 2.05) is 11.4 Å². The Morgan fingerprint density at radius 1 is 1.16 bits per heavy atom. The largest absolute Gasteiger partial charge is 0.507 e. The maximum absolute atomic E-state index is 13.1. The fraction of sp³-hybridized carbons (Fsp3) is 0.0870. The number of amides is 1. The Balaban J connectivity index is 1.92. The van der Waals surface area contributed by atoms with Crippen LogP contribution in [-0.2, 0) is 9.59 Å². The summed E-state index contributed by atoms with van der Waals surface area (Å²) in [6, 6.07) is 13.9. The summed E-state index contributed by atoms with van der Waals surface area (Å²) in [6.45, 7) is 0. The molecule has 6 nitrogen and oxygen atoms in total. The molecule has 32 heavy (non-hydrogen) atoms. The third-order valence-corrected chi connectivity index (χ3v) is 6.49. The molecule has 1 amide bonds. The second-order valence-electron chi connectivity index (χ2n) is 6.82. The van der Waals surface area contributed by atoms with Crippen molar-refractivity contribution in [1.82, 2.24) is 0 Å². The first-order valence-electron chi connectivity index (χ1n) is 9.25. The van der Waals surface area contributed by atoms with Gasteiger partial charge in [-0.05, 0) is 47.8 Å². The van der Waals surface area contributed by atoms with Gasteiger partial charge in [-0.3, -0.25) is 14.5 Å². The summed E-state index contributed by atoms with van der Waals surface area (Å²) in [5, 5.41) is 22.3. The van der Waals surface area contributed by atoms with Crippen molar-refractivity contribution in [3.8, 4) is 11.8 Å². The standard InChI is InChI=1S/C23H14Cl2N2O4S/c1-31-22-15(24)9-13(10-16(22)25)20(28)18-19(17-3-2-8-32-17)27(23(30)21(18)29)14-6-4-12(11-26)5-7-14/h2-10,19,28H,1H3/b20-18-. The molecule has 2 heterocycles. The smallest absolute Gasteiger partial charge is 0.300 e. The number of benzene rings is 2. The molecule has 0 spiro atoms. The number of nitrogens with zero attached hydrogens (tertiary/aromatic N) is 2. The zero-order chi connectivity index (χ0) is 23.0. The van der Waals surface area contributed by atoms with E-state index >= 15 is 0 Å². The highest BCUT2D eigenvalue weighted by atomic mass is 35.5. The number of methoxy groups -OCH3 is 1. The minimum absolute atomic E-state index is 0.0842. The van der Waals surface area contributed by atoms with Crippen molar-refractivity contribution in [2.24, 2.45) is 0 Å². The molecule has 1 aromatic heterocycles. The Bertz CT molecular complexity index is 1270. The normalized spacial score (nSPS) is 17.4. The summed E-state index contributed by atoms with van der Waals surface area (Å²) in [7, 11) is 1.41. The lowest BCUT2D eigenvalue weighted by atomic mass is 9.99. The number of hydrogen-bond acceptors (Lipinski definition) is 6. The van der Waals surface area contributed by atoms with Gasteiger partial charge in [0.1, 0.15) is 11.8 Å². The molecule has 1 unspecified atom stereocenters. The summed E-state index contributed by atoms with van der Waals surface area (Å²) < 4.78 is 5.14. The third-order valence-electron chi connectivity index (χ3n) is 5.01. The number of ketones is 1. The van der Waals surface area contributed by atoms with Gasteiger partial charge in [0.15, 0.2) is 5.75 Å². The Morgan fingerprint density at radius 3 is 2.34 bits per heavy atom. The van der Waals surface area contributed by atoms with Crippen molar-refractivity contribution in [2.45, 2.75) is 6.04 Å². The Kier molecular flexibility index (Phi) is 5.94. The van der Waals surface area contributed by atoms with Crippen LogP contribution < -0.4 is 9.64 Å². The number of carbonyl (C=O) groups excluding carboxylic acids is 2. The molecule has 9 heteroatoms. The van der Waals surface area contributed by atoms with E-state index in [0.717, 1.165) is 0 Å². The van der Waals surface area contributed by atoms with Gasteiger partial charge in [0, 0.05) is 16.1 Å². The first-order chi connectivity index (χ1) is 15.4. The molecule has 2 aromatic carbocycles. The lowest BCUT2D eigenvalue weighted by molar-refractivity contribution is -0.132. The summed E-state index contributed by atoms with van der Waals surface area (Å²) >= 11 is 13.8. The van der Waals surface area contributed by atoms with Crippen molar-refractivity contribution in [1.29, 1.82) is 5.26 Å². The Morgan fingerprint density at radius 2 is 1.81 bits per heavy atom. The summed E-state index contributed by atoms with van der Waals surface area (Å²) in [5.41, 5.74) is 0.939. The average molecular weight is 485 g/mol. The quantitative estimate of drug-likeness (QED) is 0.297. The zero-order valence-corrected chi connectivity index (χ0v) is 18.8. The topological polar surface area (TPSA) is 90.6 Å². The van der Waals surface area contributed by atoms with E-state index in [-0.39, 0.29) is 26.9 Å². The highest BCUT2D eigenvalue weighted by molar-refractivity contribution is 7.10. The van der Waals surface area contributed by atoms with Crippen molar-refractivity contribution < 1.29 is 19.4 Å². The summed E-state index contributed by atoms with van der Waals surface area (Å²) in [5.74, 6) is -1.80. The van der Waals surface area contributed by atoms with E-state index in [4.69, 9.17) is 33.2 Å². The molecule has 0 bridgehead atoms. The molecular weight excluding hydrogens is 471 g/mol. The molecule has 1 saturated heterocycles. The molecule has 160 valence electrons. The number of hydrogen-bond donors (Lipinski definition) is 1. The predicted molar refractivity (Wildman–Crippen MR) is 123 cm³/mol. The molecule has 3 aromatic rings. The van der Waals surface area contributed by atoms with Gasteiger partial charge in [0.25, 0.3) is 11.7 Å². The first kappa shape index (κ1) is 21.9. The van der Waals surface area contributed by atoms with Gasteiger partial charge in [-0.1, -0.05) is 29.3 Å². The van der Waals surface area contributed by atoms with E-state index in [1.54, 1.807) is 36.4 Å². The summed E-state index contributed by atoms with van der Waals surface area (Å²) in [6.07, 6.45) is 0. The van der Waals surface area contributed by atoms with Crippen molar-refractivity contribution in [3.05, 3.63) is 85.5 Å². The molecular formula is C23H14Cl2N2O4S. The number of carbonyl (C=O) groups is 2. The average Bonchev–Trinajstić information content (AvgIpc) is 3.40. The molecule has 1 atom stereocenters. The zero-order valence-electron chi connectivity index (χ0n) is 16.5. The SMILES string of the molecule is COc1c(Cl)cc(/C(O)=C2/C(=O)C(=O)N(c3ccc(C#N)cc3)C2c2cccs2)cc1Cl. The molecule has 1 aliphatic rings. The predicted octanol–water partition coefficient (Wildman–Crippen LogP) is 5.56. The lowest BCUT2D eigenvalue weighted by Crippen LogP contribution is -2.29. The van der Waals surface area contributed by atoms with Gasteiger partial charge in [0.05, 0.1) is 34.4 Å². The van der Waals surface area contributed by atoms with E-state index in [9.17, 15) is 14.7 Å². The van der Waals surface area contributed by atoms with Crippen LogP contribution in [-0.4, -0.2) is 23.9 Å². The molecule has 1 N–H and O–H groups in total. The van der Waals surface area contributed by atoms with E-state index in [0.29, 0.717) is 16.1 Å². The van der Waals surface area contributed by atoms with E-state index in [1.165, 1.54) is 35.5 Å². The second kappa shape index (κ2) is 8.67. The lowest BCUT2D eigenvalue weighted by Gasteiger charge is -2.24. The van der Waals surface area contributed by atoms with Crippen LogP contribution in [0.5, 0.6) is 5.75 Å². The van der Waals surface area contributed by atoms with Crippen LogP contribution in [0.15, 0.2) is 59.5 Å². The highest BCUT2D eigenvalue weighted by Gasteiger charge is 2.47. The van der Waals surface area contributed by atoms with Crippen molar-refractivity contribution in [3.63, 3.8) is 0 Å². The number of nitriles is 1. The number of Topliss-reactive ketones (excluding diaryl/α,β-unsaturated/α-hetero) is 1. The maximum Gasteiger partial charge on any atom is 0.300 e. The van der Waals surface area contributed by atoms with Crippen LogP contribution in [0.2, 0.25) is 10.0 Å². The molecule has 0 aliphatic carbocycles. The highest BCUT2D eigenvalue weighted by Crippen LogP contribution is 2.44. The van der Waals surface area contributed by atoms with Crippen molar-refractivity contribution >= 4 is 57.7 Å². The van der Waals surface area contributed by atoms with E-state index < -0.39 is 23.5 Å². The minimum atomic E-state index is -0.859. The molecule has 1 aliphatic heterocycles. The van der Waals surface area contributed by atoms with Crippen molar-refractivity contribution in [2.75, 3.05) is 12.0 Å². The monoisotopic (exact) mass is 484 g/mol. The number of rotatable bonds is 4. The molecule has 0 radical (unpaired) electrons. The van der Waals surface area contributed by atoms with Gasteiger partial charge < -0.3 is 9.84 Å². The Labute approximate surface area is 197 Å². The fourth-order valence-corrected chi connectivity index (χ4v) is 5.02. The van der Waals surface area contributed by atoms with Gasteiger partial charge in [0.2, 0.25) is 0 Å². The van der Waals surface area contributed by atoms with Gasteiger partial charge in [-0.15, -0.1) is 11.3 Å². The molecule has 4 rings (SSSR count). The number of halogens is 2.